The number of ether oxygens (including phenoxy) is 2. The predicted octanol–water partition coefficient (Wildman–Crippen LogP) is 0.226. The largest absolute Gasteiger partial charge is 0.493 e. The summed E-state index contributed by atoms with van der Waals surface area (Å²) in [5.41, 5.74) is 0. The maximum Gasteiger partial charge on any atom is 0.258 e. The first-order chi connectivity index (χ1) is 12.4. The molecule has 1 heterocycles. The summed E-state index contributed by atoms with van der Waals surface area (Å²) in [4.78, 5) is 25.7. The average molecular weight is 384 g/mol. The van der Waals surface area contributed by atoms with Crippen LogP contribution in [0.5, 0.6) is 11.5 Å². The van der Waals surface area contributed by atoms with Crippen molar-refractivity contribution in [2.75, 3.05) is 38.3 Å². The SMILES string of the molecule is CCN(C(=O)CNC(=O)COc1ccccc1OC)C1CCS(=O)(=O)C1. The summed E-state index contributed by atoms with van der Waals surface area (Å²) in [6, 6.07) is 6.61. The molecule has 1 N–H and O–H groups in total. The van der Waals surface area contributed by atoms with Crippen molar-refractivity contribution in [1.29, 1.82) is 0 Å². The predicted molar refractivity (Wildman–Crippen MR) is 95.9 cm³/mol. The van der Waals surface area contributed by atoms with E-state index in [0.29, 0.717) is 24.5 Å². The van der Waals surface area contributed by atoms with Gasteiger partial charge in [-0.1, -0.05) is 12.1 Å². The third kappa shape index (κ3) is 5.35. The van der Waals surface area contributed by atoms with E-state index in [-0.39, 0.29) is 36.6 Å². The van der Waals surface area contributed by atoms with E-state index in [2.05, 4.69) is 5.32 Å². The molecular formula is C17H24N2O6S. The van der Waals surface area contributed by atoms with Crippen molar-refractivity contribution >= 4 is 21.7 Å². The highest BCUT2D eigenvalue weighted by molar-refractivity contribution is 7.91. The number of rotatable bonds is 8. The molecule has 0 spiro atoms. The van der Waals surface area contributed by atoms with Gasteiger partial charge in [0.1, 0.15) is 0 Å². The van der Waals surface area contributed by atoms with Gasteiger partial charge in [0, 0.05) is 12.6 Å². The van der Waals surface area contributed by atoms with E-state index in [1.54, 1.807) is 31.2 Å². The Labute approximate surface area is 153 Å². The molecule has 1 aromatic carbocycles. The van der Waals surface area contributed by atoms with Crippen molar-refractivity contribution in [3.8, 4) is 11.5 Å². The van der Waals surface area contributed by atoms with Crippen LogP contribution in [-0.4, -0.2) is 69.5 Å². The molecule has 2 amide bonds. The van der Waals surface area contributed by atoms with Crippen LogP contribution in [0.25, 0.3) is 0 Å². The van der Waals surface area contributed by atoms with Gasteiger partial charge >= 0.3 is 0 Å². The van der Waals surface area contributed by atoms with E-state index in [9.17, 15) is 18.0 Å². The standard InChI is InChI=1S/C17H24N2O6S/c1-3-19(13-8-9-26(22,23)12-13)17(21)10-18-16(20)11-25-15-7-5-4-6-14(15)24-2/h4-7,13H,3,8-12H2,1-2H3,(H,18,20). The van der Waals surface area contributed by atoms with Gasteiger partial charge in [0.05, 0.1) is 25.2 Å². The minimum atomic E-state index is -3.07. The first-order valence-corrected chi connectivity index (χ1v) is 10.2. The minimum Gasteiger partial charge on any atom is -0.493 e. The third-order valence-corrected chi connectivity index (χ3v) is 5.93. The Bertz CT molecular complexity index is 749. The van der Waals surface area contributed by atoms with Gasteiger partial charge in [-0.05, 0) is 25.5 Å². The normalized spacial score (nSPS) is 18.2. The van der Waals surface area contributed by atoms with Crippen molar-refractivity contribution in [3.05, 3.63) is 24.3 Å². The van der Waals surface area contributed by atoms with Crippen LogP contribution in [0.1, 0.15) is 13.3 Å². The second kappa shape index (κ2) is 8.88. The van der Waals surface area contributed by atoms with Crippen molar-refractivity contribution in [1.82, 2.24) is 10.2 Å². The lowest BCUT2D eigenvalue weighted by molar-refractivity contribution is -0.134. The average Bonchev–Trinajstić information content (AvgIpc) is 2.98. The van der Waals surface area contributed by atoms with Gasteiger partial charge in [0.25, 0.3) is 5.91 Å². The van der Waals surface area contributed by atoms with Gasteiger partial charge in [-0.2, -0.15) is 0 Å². The Hall–Kier alpha value is -2.29. The molecule has 2 rings (SSSR count). The molecule has 1 aliphatic heterocycles. The van der Waals surface area contributed by atoms with Gasteiger partial charge in [0.15, 0.2) is 27.9 Å². The Morgan fingerprint density at radius 2 is 1.96 bits per heavy atom. The van der Waals surface area contributed by atoms with Crippen LogP contribution in [0.4, 0.5) is 0 Å². The van der Waals surface area contributed by atoms with Crippen molar-refractivity contribution in [2.45, 2.75) is 19.4 Å². The quantitative estimate of drug-likeness (QED) is 0.688. The summed E-state index contributed by atoms with van der Waals surface area (Å²) >= 11 is 0. The second-order valence-electron chi connectivity index (χ2n) is 5.95. The molecule has 0 aromatic heterocycles. The molecule has 1 atom stereocenters. The van der Waals surface area contributed by atoms with E-state index in [1.807, 2.05) is 0 Å². The highest BCUT2D eigenvalue weighted by Gasteiger charge is 2.33. The molecule has 0 radical (unpaired) electrons. The highest BCUT2D eigenvalue weighted by Crippen LogP contribution is 2.25. The molecule has 0 saturated carbocycles. The summed E-state index contributed by atoms with van der Waals surface area (Å²) in [5, 5.41) is 2.50. The number of methoxy groups -OCH3 is 1. The summed E-state index contributed by atoms with van der Waals surface area (Å²) < 4.78 is 33.7. The monoisotopic (exact) mass is 384 g/mol. The van der Waals surface area contributed by atoms with Crippen molar-refractivity contribution in [3.63, 3.8) is 0 Å². The molecule has 1 aliphatic rings. The van der Waals surface area contributed by atoms with Gasteiger partial charge in [-0.25, -0.2) is 8.42 Å². The van der Waals surface area contributed by atoms with Gasteiger partial charge in [0.2, 0.25) is 5.91 Å². The van der Waals surface area contributed by atoms with E-state index >= 15 is 0 Å². The number of benzene rings is 1. The van der Waals surface area contributed by atoms with Crippen molar-refractivity contribution < 1.29 is 27.5 Å². The fourth-order valence-corrected chi connectivity index (χ4v) is 4.60. The first-order valence-electron chi connectivity index (χ1n) is 8.38. The molecule has 0 aliphatic carbocycles. The first kappa shape index (κ1) is 20.0. The highest BCUT2D eigenvalue weighted by atomic mass is 32.2. The third-order valence-electron chi connectivity index (χ3n) is 4.17. The van der Waals surface area contributed by atoms with E-state index in [4.69, 9.17) is 9.47 Å². The van der Waals surface area contributed by atoms with Gasteiger partial charge < -0.3 is 19.7 Å². The number of nitrogens with zero attached hydrogens (tertiary/aromatic N) is 1. The number of hydrogen-bond donors (Lipinski definition) is 1. The van der Waals surface area contributed by atoms with E-state index < -0.39 is 15.7 Å². The van der Waals surface area contributed by atoms with Crippen LogP contribution in [0.15, 0.2) is 24.3 Å². The molecule has 1 unspecified atom stereocenters. The Balaban J connectivity index is 1.81. The Morgan fingerprint density at radius 3 is 2.54 bits per heavy atom. The maximum absolute atomic E-state index is 12.3. The summed E-state index contributed by atoms with van der Waals surface area (Å²) in [5.74, 6) is 0.274. The minimum absolute atomic E-state index is 0.0164. The summed E-state index contributed by atoms with van der Waals surface area (Å²) in [7, 11) is -1.57. The van der Waals surface area contributed by atoms with E-state index in [1.165, 1.54) is 12.0 Å². The van der Waals surface area contributed by atoms with Gasteiger partial charge in [-0.3, -0.25) is 9.59 Å². The van der Waals surface area contributed by atoms with Crippen LogP contribution in [-0.2, 0) is 19.4 Å². The molecular weight excluding hydrogens is 360 g/mol. The number of carbonyl (C=O) groups is 2. The number of para-hydroxylation sites is 2. The maximum atomic E-state index is 12.3. The molecule has 1 saturated heterocycles. The molecule has 9 heteroatoms. The molecule has 144 valence electrons. The Morgan fingerprint density at radius 1 is 1.27 bits per heavy atom. The number of nitrogens with one attached hydrogen (secondary N) is 1. The fraction of sp³-hybridized carbons (Fsp3) is 0.529. The lowest BCUT2D eigenvalue weighted by Gasteiger charge is -2.27. The zero-order valence-electron chi connectivity index (χ0n) is 14.9. The van der Waals surface area contributed by atoms with Crippen LogP contribution < -0.4 is 14.8 Å². The number of hydrogen-bond acceptors (Lipinski definition) is 6. The van der Waals surface area contributed by atoms with E-state index in [0.717, 1.165) is 0 Å². The summed E-state index contributed by atoms with van der Waals surface area (Å²) in [6.07, 6.45) is 0.437. The van der Waals surface area contributed by atoms with Crippen molar-refractivity contribution in [2.24, 2.45) is 0 Å². The number of carbonyl (C=O) groups excluding carboxylic acids is 2. The lowest BCUT2D eigenvalue weighted by Crippen LogP contribution is -2.46. The molecule has 0 bridgehead atoms. The molecule has 1 aromatic rings. The van der Waals surface area contributed by atoms with Crippen LogP contribution >= 0.6 is 0 Å². The number of amides is 2. The van der Waals surface area contributed by atoms with Gasteiger partial charge in [-0.15, -0.1) is 0 Å². The number of sulfone groups is 1. The zero-order valence-corrected chi connectivity index (χ0v) is 15.8. The topological polar surface area (TPSA) is 102 Å². The summed E-state index contributed by atoms with van der Waals surface area (Å²) in [6.45, 7) is 1.73. The zero-order chi connectivity index (χ0) is 19.2. The Kier molecular flexibility index (Phi) is 6.84. The molecule has 8 nitrogen and oxygen atoms in total. The van der Waals surface area contributed by atoms with Crippen LogP contribution in [0.2, 0.25) is 0 Å². The lowest BCUT2D eigenvalue weighted by atomic mass is 10.2. The fourth-order valence-electron chi connectivity index (χ4n) is 2.87. The molecule has 26 heavy (non-hydrogen) atoms. The smallest absolute Gasteiger partial charge is 0.258 e. The van der Waals surface area contributed by atoms with Crippen LogP contribution in [0.3, 0.4) is 0 Å². The van der Waals surface area contributed by atoms with Crippen LogP contribution in [0, 0.1) is 0 Å². The number of likely N-dealkylation sites (N-methyl/N-ethyl adjacent to an activating group) is 1. The molecule has 1 fully saturated rings. The second-order valence-corrected chi connectivity index (χ2v) is 8.18.